The molecule has 0 radical (unpaired) electrons. The predicted molar refractivity (Wildman–Crippen MR) is 114 cm³/mol. The molecule has 1 N–H and O–H groups in total. The van der Waals surface area contributed by atoms with E-state index >= 15 is 0 Å². The van der Waals surface area contributed by atoms with Gasteiger partial charge in [0.25, 0.3) is 5.91 Å². The van der Waals surface area contributed by atoms with Crippen molar-refractivity contribution in [1.82, 2.24) is 20.0 Å². The van der Waals surface area contributed by atoms with E-state index in [1.165, 1.54) is 0 Å². The fourth-order valence-electron chi connectivity index (χ4n) is 3.19. The Kier molecular flexibility index (Phi) is 5.42. The van der Waals surface area contributed by atoms with Crippen LogP contribution in [0.3, 0.4) is 0 Å². The topological polar surface area (TPSA) is 72.2 Å². The Hall–Kier alpha value is -3.80. The number of hydrogen-bond donors (Lipinski definition) is 1. The summed E-state index contributed by atoms with van der Waals surface area (Å²) >= 11 is 0. The normalized spacial score (nSPS) is 11.6. The predicted octanol–water partition coefficient (Wildman–Crippen LogP) is 3.83. The van der Waals surface area contributed by atoms with Gasteiger partial charge in [0.1, 0.15) is 12.2 Å². The van der Waals surface area contributed by atoms with Crippen LogP contribution in [0.4, 0.5) is 0 Å². The molecule has 1 amide bonds. The molecule has 2 aromatic carbocycles. The van der Waals surface area contributed by atoms with Crippen molar-refractivity contribution in [3.63, 3.8) is 0 Å². The van der Waals surface area contributed by atoms with Crippen molar-refractivity contribution in [1.29, 1.82) is 0 Å². The molecule has 29 heavy (non-hydrogen) atoms. The first-order valence-electron chi connectivity index (χ1n) is 9.43. The summed E-state index contributed by atoms with van der Waals surface area (Å²) in [5.41, 5.74) is 7.08. The highest BCUT2D eigenvalue weighted by Crippen LogP contribution is 2.23. The van der Waals surface area contributed by atoms with E-state index in [0.29, 0.717) is 12.2 Å². The first-order valence-corrected chi connectivity index (χ1v) is 9.43. The number of nitrogens with one attached hydrogen (secondary N) is 1. The molecule has 144 valence electrons. The number of pyridine rings is 1. The number of carbonyl (C=O) groups excluding carboxylic acids is 1. The van der Waals surface area contributed by atoms with E-state index in [0.717, 1.165) is 28.0 Å². The molecule has 0 atom stereocenters. The number of fused-ring (bicyclic) bond motifs is 1. The lowest BCUT2D eigenvalue weighted by molar-refractivity contribution is -0.121. The minimum Gasteiger partial charge on any atom is -0.313 e. The largest absolute Gasteiger partial charge is 0.313 e. The Labute approximate surface area is 168 Å². The maximum absolute atomic E-state index is 12.6. The number of carbonyl (C=O) groups is 1. The maximum atomic E-state index is 12.6. The van der Waals surface area contributed by atoms with Gasteiger partial charge >= 0.3 is 0 Å². The van der Waals surface area contributed by atoms with Crippen molar-refractivity contribution < 1.29 is 4.79 Å². The maximum Gasteiger partial charge on any atom is 0.260 e. The van der Waals surface area contributed by atoms with Crippen molar-refractivity contribution in [2.75, 3.05) is 0 Å². The van der Waals surface area contributed by atoms with Gasteiger partial charge < -0.3 is 4.57 Å². The standard InChI is InChI=1S/C23H21N5O/c1-17(15-18-9-3-2-4-10-18)26-27-22(29)16-28-21-13-6-5-11-19(21)25-23(28)20-12-7-8-14-24-20/h2-14H,15-16H2,1H3,(H,27,29)/b26-17+. The number of aromatic nitrogens is 3. The van der Waals surface area contributed by atoms with Crippen LogP contribution in [-0.2, 0) is 17.8 Å². The smallest absolute Gasteiger partial charge is 0.260 e. The van der Waals surface area contributed by atoms with Gasteiger partial charge in [0, 0.05) is 18.3 Å². The van der Waals surface area contributed by atoms with Gasteiger partial charge in [-0.2, -0.15) is 5.10 Å². The minimum atomic E-state index is -0.210. The molecule has 0 fully saturated rings. The fourth-order valence-corrected chi connectivity index (χ4v) is 3.19. The summed E-state index contributed by atoms with van der Waals surface area (Å²) in [6.45, 7) is 2.01. The second-order valence-corrected chi connectivity index (χ2v) is 6.77. The molecule has 0 aliphatic heterocycles. The van der Waals surface area contributed by atoms with Gasteiger partial charge in [-0.15, -0.1) is 0 Å². The van der Waals surface area contributed by atoms with Crippen LogP contribution in [0.2, 0.25) is 0 Å². The Bertz CT molecular complexity index is 1150. The fraction of sp³-hybridized carbons (Fsp3) is 0.130. The molecular weight excluding hydrogens is 362 g/mol. The third-order valence-electron chi connectivity index (χ3n) is 4.52. The van der Waals surface area contributed by atoms with Crippen LogP contribution in [0.5, 0.6) is 0 Å². The molecule has 0 spiro atoms. The molecule has 0 aliphatic rings. The molecule has 0 bridgehead atoms. The summed E-state index contributed by atoms with van der Waals surface area (Å²) in [5, 5.41) is 4.25. The van der Waals surface area contributed by atoms with Gasteiger partial charge in [0.2, 0.25) is 0 Å². The van der Waals surface area contributed by atoms with E-state index in [1.807, 2.05) is 84.3 Å². The van der Waals surface area contributed by atoms with E-state index in [9.17, 15) is 4.79 Å². The van der Waals surface area contributed by atoms with Crippen molar-refractivity contribution in [2.45, 2.75) is 19.9 Å². The Balaban J connectivity index is 1.54. The highest BCUT2D eigenvalue weighted by molar-refractivity contribution is 5.87. The van der Waals surface area contributed by atoms with Crippen molar-refractivity contribution in [3.05, 3.63) is 84.6 Å². The van der Waals surface area contributed by atoms with E-state index in [2.05, 4.69) is 20.5 Å². The van der Waals surface area contributed by atoms with E-state index in [1.54, 1.807) is 6.20 Å². The average Bonchev–Trinajstić information content (AvgIpc) is 3.12. The number of rotatable bonds is 6. The van der Waals surface area contributed by atoms with Gasteiger partial charge in [-0.05, 0) is 36.8 Å². The second-order valence-electron chi connectivity index (χ2n) is 6.77. The number of imidazole rings is 1. The highest BCUT2D eigenvalue weighted by Gasteiger charge is 2.15. The molecule has 2 aromatic heterocycles. The molecule has 6 nitrogen and oxygen atoms in total. The molecule has 0 saturated carbocycles. The first kappa shape index (κ1) is 18.6. The number of amides is 1. The SMILES string of the molecule is C/C(Cc1ccccc1)=N\NC(=O)Cn1c(-c2ccccn2)nc2ccccc21. The lowest BCUT2D eigenvalue weighted by atomic mass is 10.1. The first-order chi connectivity index (χ1) is 14.2. The van der Waals surface area contributed by atoms with Crippen molar-refractivity contribution >= 4 is 22.7 Å². The van der Waals surface area contributed by atoms with E-state index in [4.69, 9.17) is 0 Å². The molecule has 2 heterocycles. The average molecular weight is 383 g/mol. The summed E-state index contributed by atoms with van der Waals surface area (Å²) in [6.07, 6.45) is 2.41. The Morgan fingerprint density at radius 1 is 1.00 bits per heavy atom. The summed E-state index contributed by atoms with van der Waals surface area (Å²) < 4.78 is 1.87. The zero-order valence-electron chi connectivity index (χ0n) is 16.1. The summed E-state index contributed by atoms with van der Waals surface area (Å²) in [6, 6.07) is 23.4. The van der Waals surface area contributed by atoms with Gasteiger partial charge in [0.05, 0.1) is 11.0 Å². The van der Waals surface area contributed by atoms with Crippen LogP contribution in [-0.4, -0.2) is 26.2 Å². The molecule has 4 rings (SSSR count). The van der Waals surface area contributed by atoms with Gasteiger partial charge in [-0.3, -0.25) is 9.78 Å². The summed E-state index contributed by atoms with van der Waals surface area (Å²) in [5.74, 6) is 0.449. The number of benzene rings is 2. The van der Waals surface area contributed by atoms with E-state index in [-0.39, 0.29) is 12.5 Å². The van der Waals surface area contributed by atoms with Crippen LogP contribution < -0.4 is 5.43 Å². The minimum absolute atomic E-state index is 0.106. The van der Waals surface area contributed by atoms with Crippen LogP contribution in [0, 0.1) is 0 Å². The number of hydrazone groups is 1. The highest BCUT2D eigenvalue weighted by atomic mass is 16.2. The molecule has 0 aliphatic carbocycles. The lowest BCUT2D eigenvalue weighted by Gasteiger charge is -2.08. The molecule has 0 unspecified atom stereocenters. The molecule has 6 heteroatoms. The summed E-state index contributed by atoms with van der Waals surface area (Å²) in [4.78, 5) is 21.7. The third kappa shape index (κ3) is 4.38. The van der Waals surface area contributed by atoms with Gasteiger partial charge in [-0.25, -0.2) is 10.4 Å². The number of hydrogen-bond acceptors (Lipinski definition) is 4. The van der Waals surface area contributed by atoms with Crippen LogP contribution in [0.1, 0.15) is 12.5 Å². The molecule has 0 saturated heterocycles. The molecule has 4 aromatic rings. The Morgan fingerprint density at radius 3 is 2.55 bits per heavy atom. The zero-order valence-corrected chi connectivity index (χ0v) is 16.1. The number of para-hydroxylation sites is 2. The summed E-state index contributed by atoms with van der Waals surface area (Å²) in [7, 11) is 0. The Morgan fingerprint density at radius 2 is 1.76 bits per heavy atom. The van der Waals surface area contributed by atoms with Gasteiger partial charge in [-0.1, -0.05) is 48.5 Å². The van der Waals surface area contributed by atoms with E-state index < -0.39 is 0 Å². The zero-order chi connectivity index (χ0) is 20.1. The van der Waals surface area contributed by atoms with Crippen LogP contribution in [0.15, 0.2) is 84.1 Å². The number of nitrogens with zero attached hydrogens (tertiary/aromatic N) is 4. The second kappa shape index (κ2) is 8.48. The quantitative estimate of drug-likeness (QED) is 0.406. The lowest BCUT2D eigenvalue weighted by Crippen LogP contribution is -2.24. The van der Waals surface area contributed by atoms with Crippen LogP contribution >= 0.6 is 0 Å². The van der Waals surface area contributed by atoms with Crippen molar-refractivity contribution in [2.24, 2.45) is 5.10 Å². The third-order valence-corrected chi connectivity index (χ3v) is 4.52. The van der Waals surface area contributed by atoms with Crippen molar-refractivity contribution in [3.8, 4) is 11.5 Å². The monoisotopic (exact) mass is 383 g/mol. The molecular formula is C23H21N5O. The van der Waals surface area contributed by atoms with Gasteiger partial charge in [0.15, 0.2) is 5.82 Å². The van der Waals surface area contributed by atoms with Crippen LogP contribution in [0.25, 0.3) is 22.6 Å².